The Morgan fingerprint density at radius 1 is 1.26 bits per heavy atom. The topological polar surface area (TPSA) is 102 Å². The van der Waals surface area contributed by atoms with Crippen LogP contribution in [0.15, 0.2) is 29.1 Å². The van der Waals surface area contributed by atoms with E-state index >= 15 is 0 Å². The molecule has 7 nitrogen and oxygen atoms in total. The van der Waals surface area contributed by atoms with E-state index in [1.54, 1.807) is 28.8 Å². The summed E-state index contributed by atoms with van der Waals surface area (Å²) in [6.07, 6.45) is -0.739. The third-order valence-electron chi connectivity index (χ3n) is 5.41. The molecule has 27 heavy (non-hydrogen) atoms. The molecule has 2 aliphatic heterocycles. The van der Waals surface area contributed by atoms with Gasteiger partial charge in [0.25, 0.3) is 5.56 Å². The van der Waals surface area contributed by atoms with Crippen LogP contribution >= 0.6 is 0 Å². The van der Waals surface area contributed by atoms with E-state index in [1.165, 1.54) is 0 Å². The van der Waals surface area contributed by atoms with Crippen molar-refractivity contribution >= 4 is 16.9 Å². The number of hydrogen-bond donors (Lipinski definition) is 2. The zero-order valence-electron chi connectivity index (χ0n) is 14.5. The number of benzene rings is 1. The Labute approximate surface area is 153 Å². The van der Waals surface area contributed by atoms with Gasteiger partial charge in [-0.25, -0.2) is 9.78 Å². The predicted molar refractivity (Wildman–Crippen MR) is 96.3 cm³/mol. The van der Waals surface area contributed by atoms with Gasteiger partial charge in [0.05, 0.1) is 29.0 Å². The summed E-state index contributed by atoms with van der Waals surface area (Å²) < 4.78 is 6.52. The molecular weight excluding hydrogens is 348 g/mol. The smallest absolute Gasteiger partial charge is 0.340 e. The SMILES string of the molecule is CCc1c2c(nc3ccc(O)cc13)-c1cc3c(c(=O)n1C2)COC(=O)C3O. The zero-order chi connectivity index (χ0) is 18.9. The highest BCUT2D eigenvalue weighted by molar-refractivity contribution is 5.89. The lowest BCUT2D eigenvalue weighted by molar-refractivity contribution is -0.157. The number of rotatable bonds is 1. The van der Waals surface area contributed by atoms with Crippen molar-refractivity contribution in [2.45, 2.75) is 32.6 Å². The summed E-state index contributed by atoms with van der Waals surface area (Å²) in [4.78, 5) is 29.4. The Bertz CT molecular complexity index is 1210. The van der Waals surface area contributed by atoms with Gasteiger partial charge < -0.3 is 19.5 Å². The van der Waals surface area contributed by atoms with E-state index in [9.17, 15) is 19.8 Å². The van der Waals surface area contributed by atoms with Crippen molar-refractivity contribution in [1.82, 2.24) is 9.55 Å². The van der Waals surface area contributed by atoms with Crippen molar-refractivity contribution in [3.63, 3.8) is 0 Å². The van der Waals surface area contributed by atoms with Gasteiger partial charge in [-0.2, -0.15) is 0 Å². The van der Waals surface area contributed by atoms with Crippen molar-refractivity contribution in [2.75, 3.05) is 0 Å². The van der Waals surface area contributed by atoms with E-state index in [0.29, 0.717) is 29.1 Å². The number of phenols is 1. The third kappa shape index (κ3) is 2.09. The molecule has 2 aliphatic rings. The van der Waals surface area contributed by atoms with Crippen LogP contribution in [0.4, 0.5) is 0 Å². The van der Waals surface area contributed by atoms with E-state index < -0.39 is 12.1 Å². The Morgan fingerprint density at radius 3 is 2.85 bits per heavy atom. The molecule has 0 amide bonds. The number of aliphatic hydroxyl groups is 1. The molecule has 4 heterocycles. The Morgan fingerprint density at radius 2 is 2.07 bits per heavy atom. The number of aliphatic hydroxyl groups excluding tert-OH is 1. The molecule has 0 aliphatic carbocycles. The quantitative estimate of drug-likeness (QED) is 0.499. The summed E-state index contributed by atoms with van der Waals surface area (Å²) in [7, 11) is 0. The largest absolute Gasteiger partial charge is 0.508 e. The molecular formula is C20H16N2O5. The second-order valence-corrected chi connectivity index (χ2v) is 6.84. The average molecular weight is 364 g/mol. The number of carbonyl (C=O) groups excluding carboxylic acids is 1. The van der Waals surface area contributed by atoms with Crippen LogP contribution in [0.25, 0.3) is 22.3 Å². The monoisotopic (exact) mass is 364 g/mol. The molecule has 0 saturated heterocycles. The first-order valence-electron chi connectivity index (χ1n) is 8.75. The predicted octanol–water partition coefficient (Wildman–Crippen LogP) is 1.78. The molecule has 5 rings (SSSR count). The minimum atomic E-state index is -1.46. The van der Waals surface area contributed by atoms with Crippen LogP contribution in [0.2, 0.25) is 0 Å². The van der Waals surface area contributed by atoms with Gasteiger partial charge in [-0.3, -0.25) is 4.79 Å². The maximum atomic E-state index is 13.0. The Balaban J connectivity index is 1.83. The van der Waals surface area contributed by atoms with Crippen molar-refractivity contribution in [3.05, 3.63) is 56.9 Å². The van der Waals surface area contributed by atoms with Crippen LogP contribution in [0.5, 0.6) is 5.75 Å². The third-order valence-corrected chi connectivity index (χ3v) is 5.41. The number of pyridine rings is 2. The highest BCUT2D eigenvalue weighted by Crippen LogP contribution is 2.38. The number of nitrogens with zero attached hydrogens (tertiary/aromatic N) is 2. The fraction of sp³-hybridized carbons (Fsp3) is 0.250. The second kappa shape index (κ2) is 5.40. The van der Waals surface area contributed by atoms with Crippen molar-refractivity contribution in [2.24, 2.45) is 0 Å². The molecule has 136 valence electrons. The van der Waals surface area contributed by atoms with Crippen LogP contribution in [0, 0.1) is 0 Å². The molecule has 2 aromatic heterocycles. The number of phenolic OH excluding ortho intramolecular Hbond substituents is 1. The van der Waals surface area contributed by atoms with Gasteiger partial charge in [-0.05, 0) is 36.2 Å². The number of fused-ring (bicyclic) bond motifs is 5. The summed E-state index contributed by atoms with van der Waals surface area (Å²) in [5.74, 6) is -0.581. The molecule has 3 aromatic rings. The van der Waals surface area contributed by atoms with Gasteiger partial charge in [0.1, 0.15) is 12.4 Å². The number of ether oxygens (including phenoxy) is 1. The molecule has 0 bridgehead atoms. The van der Waals surface area contributed by atoms with Gasteiger partial charge in [-0.15, -0.1) is 0 Å². The lowest BCUT2D eigenvalue weighted by Gasteiger charge is -2.21. The van der Waals surface area contributed by atoms with Crippen molar-refractivity contribution in [3.8, 4) is 17.1 Å². The first-order valence-corrected chi connectivity index (χ1v) is 8.75. The molecule has 7 heteroatoms. The summed E-state index contributed by atoms with van der Waals surface area (Å²) >= 11 is 0. The van der Waals surface area contributed by atoms with Gasteiger partial charge >= 0.3 is 5.97 Å². The lowest BCUT2D eigenvalue weighted by Crippen LogP contribution is -2.32. The number of aryl methyl sites for hydroxylation is 1. The van der Waals surface area contributed by atoms with Crippen LogP contribution in [0.1, 0.15) is 35.3 Å². The summed E-state index contributed by atoms with van der Waals surface area (Å²) in [6, 6.07) is 6.69. The van der Waals surface area contributed by atoms with E-state index in [4.69, 9.17) is 9.72 Å². The fourth-order valence-corrected chi connectivity index (χ4v) is 4.10. The first-order chi connectivity index (χ1) is 13.0. The van der Waals surface area contributed by atoms with Gasteiger partial charge in [0.2, 0.25) is 0 Å². The molecule has 2 N–H and O–H groups in total. The molecule has 0 radical (unpaired) electrons. The fourth-order valence-electron chi connectivity index (χ4n) is 4.10. The minimum Gasteiger partial charge on any atom is -0.508 e. The highest BCUT2D eigenvalue weighted by atomic mass is 16.5. The van der Waals surface area contributed by atoms with Gasteiger partial charge in [-0.1, -0.05) is 6.92 Å². The Hall–Kier alpha value is -3.19. The number of aromatic hydroxyl groups is 1. The average Bonchev–Trinajstić information content (AvgIpc) is 3.02. The number of hydrogen-bond acceptors (Lipinski definition) is 6. The van der Waals surface area contributed by atoms with E-state index in [2.05, 4.69) is 0 Å². The van der Waals surface area contributed by atoms with E-state index in [1.807, 2.05) is 6.92 Å². The first kappa shape index (κ1) is 16.0. The number of carbonyl (C=O) groups is 1. The molecule has 0 fully saturated rings. The van der Waals surface area contributed by atoms with E-state index in [0.717, 1.165) is 28.5 Å². The van der Waals surface area contributed by atoms with Crippen molar-refractivity contribution in [1.29, 1.82) is 0 Å². The van der Waals surface area contributed by atoms with Gasteiger partial charge in [0.15, 0.2) is 6.10 Å². The minimum absolute atomic E-state index is 0.134. The summed E-state index contributed by atoms with van der Waals surface area (Å²) in [6.45, 7) is 2.25. The molecule has 1 aromatic carbocycles. The number of aromatic nitrogens is 2. The molecule has 0 spiro atoms. The summed E-state index contributed by atoms with van der Waals surface area (Å²) in [5.41, 5.74) is 4.27. The zero-order valence-corrected chi connectivity index (χ0v) is 14.5. The lowest BCUT2D eigenvalue weighted by atomic mass is 9.97. The maximum Gasteiger partial charge on any atom is 0.340 e. The van der Waals surface area contributed by atoms with Crippen molar-refractivity contribution < 1.29 is 19.7 Å². The maximum absolute atomic E-state index is 13.0. The summed E-state index contributed by atoms with van der Waals surface area (Å²) in [5, 5.41) is 20.9. The number of cyclic esters (lactones) is 1. The van der Waals surface area contributed by atoms with Crippen LogP contribution < -0.4 is 5.56 Å². The normalized spacial score (nSPS) is 17.4. The van der Waals surface area contributed by atoms with Crippen LogP contribution in [-0.2, 0) is 29.1 Å². The molecule has 1 atom stereocenters. The van der Waals surface area contributed by atoms with E-state index in [-0.39, 0.29) is 17.9 Å². The second-order valence-electron chi connectivity index (χ2n) is 6.84. The van der Waals surface area contributed by atoms with Crippen LogP contribution in [0.3, 0.4) is 0 Å². The van der Waals surface area contributed by atoms with Crippen LogP contribution in [-0.4, -0.2) is 25.7 Å². The number of esters is 1. The standard InChI is InChI=1S/C20H16N2O5/c1-2-10-11-5-9(23)3-4-15(11)21-17-13(10)7-22-16(17)6-12-14(19(22)25)8-27-20(26)18(12)24/h3-6,18,23-24H,2,7-8H2,1H3. The molecule has 0 saturated carbocycles. The van der Waals surface area contributed by atoms with Gasteiger partial charge in [0, 0.05) is 16.5 Å². The highest BCUT2D eigenvalue weighted by Gasteiger charge is 2.34. The Kier molecular flexibility index (Phi) is 3.21. The molecule has 1 unspecified atom stereocenters.